The van der Waals surface area contributed by atoms with Gasteiger partial charge in [0.05, 0.1) is 0 Å². The highest BCUT2D eigenvalue weighted by atomic mass is 79.9. The Labute approximate surface area is 118 Å². The number of halogens is 1. The van der Waals surface area contributed by atoms with Crippen LogP contribution in [0.5, 0.6) is 0 Å². The molecule has 2 nitrogen and oxygen atoms in total. The molecule has 0 unspecified atom stereocenters. The van der Waals surface area contributed by atoms with Crippen molar-refractivity contribution in [2.45, 2.75) is 51.9 Å². The predicted molar refractivity (Wildman–Crippen MR) is 78.0 cm³/mol. The summed E-state index contributed by atoms with van der Waals surface area (Å²) in [5, 5.41) is 8.62. The second-order valence-corrected chi connectivity index (χ2v) is 5.47. The summed E-state index contributed by atoms with van der Waals surface area (Å²) in [6.45, 7) is 4.42. The van der Waals surface area contributed by atoms with Crippen LogP contribution in [0.25, 0.3) is 0 Å². The predicted octanol–water partition coefficient (Wildman–Crippen LogP) is 4.76. The van der Waals surface area contributed by atoms with Crippen LogP contribution in [-0.4, -0.2) is 11.1 Å². The van der Waals surface area contributed by atoms with Crippen LogP contribution in [0, 0.1) is 0 Å². The molecule has 0 aromatic heterocycles. The molecule has 1 aromatic carbocycles. The molecule has 0 aliphatic rings. The molecular formula is C15H21BrO2. The van der Waals surface area contributed by atoms with Gasteiger partial charge in [-0.25, -0.2) is 0 Å². The molecule has 100 valence electrons. The molecule has 18 heavy (non-hydrogen) atoms. The van der Waals surface area contributed by atoms with Crippen LogP contribution < -0.4 is 0 Å². The topological polar surface area (TPSA) is 37.3 Å². The van der Waals surface area contributed by atoms with Crippen LogP contribution in [0.15, 0.2) is 22.7 Å². The third-order valence-electron chi connectivity index (χ3n) is 3.35. The van der Waals surface area contributed by atoms with Gasteiger partial charge in [0.1, 0.15) is 0 Å². The van der Waals surface area contributed by atoms with Crippen LogP contribution in [-0.2, 0) is 11.2 Å². The average Bonchev–Trinajstić information content (AvgIpc) is 2.32. The molecule has 1 rings (SSSR count). The number of aliphatic carboxylic acids is 1. The Balaban J connectivity index is 2.69. The fourth-order valence-electron chi connectivity index (χ4n) is 2.23. The smallest absolute Gasteiger partial charge is 0.303 e. The van der Waals surface area contributed by atoms with E-state index in [4.69, 9.17) is 5.11 Å². The van der Waals surface area contributed by atoms with Crippen molar-refractivity contribution >= 4 is 21.9 Å². The van der Waals surface area contributed by atoms with Gasteiger partial charge in [0.2, 0.25) is 0 Å². The lowest BCUT2D eigenvalue weighted by molar-refractivity contribution is -0.137. The van der Waals surface area contributed by atoms with Gasteiger partial charge in [-0.1, -0.05) is 41.9 Å². The zero-order valence-electron chi connectivity index (χ0n) is 11.1. The molecular weight excluding hydrogens is 292 g/mol. The van der Waals surface area contributed by atoms with Crippen molar-refractivity contribution in [1.82, 2.24) is 0 Å². The van der Waals surface area contributed by atoms with Crippen LogP contribution in [0.4, 0.5) is 0 Å². The molecule has 0 amide bonds. The van der Waals surface area contributed by atoms with Gasteiger partial charge in [-0.2, -0.15) is 0 Å². The van der Waals surface area contributed by atoms with Gasteiger partial charge in [-0.05, 0) is 48.8 Å². The molecule has 0 heterocycles. The van der Waals surface area contributed by atoms with Crippen molar-refractivity contribution in [3.05, 3.63) is 33.8 Å². The summed E-state index contributed by atoms with van der Waals surface area (Å²) < 4.78 is 1.16. The van der Waals surface area contributed by atoms with Crippen LogP contribution >= 0.6 is 15.9 Å². The fraction of sp³-hybridized carbons (Fsp3) is 0.533. The number of hydrogen-bond acceptors (Lipinski definition) is 1. The molecule has 1 N–H and O–H groups in total. The van der Waals surface area contributed by atoms with E-state index < -0.39 is 5.97 Å². The van der Waals surface area contributed by atoms with Gasteiger partial charge in [0.25, 0.3) is 0 Å². The Kier molecular flexibility index (Phi) is 6.41. The third-order valence-corrected chi connectivity index (χ3v) is 4.03. The summed E-state index contributed by atoms with van der Waals surface area (Å²) in [4.78, 5) is 10.5. The van der Waals surface area contributed by atoms with Gasteiger partial charge in [0.15, 0.2) is 0 Å². The molecule has 0 aliphatic carbocycles. The summed E-state index contributed by atoms with van der Waals surface area (Å²) in [7, 11) is 0. The third kappa shape index (κ3) is 4.45. The van der Waals surface area contributed by atoms with Crippen LogP contribution in [0.2, 0.25) is 0 Å². The minimum absolute atomic E-state index is 0.242. The van der Waals surface area contributed by atoms with E-state index in [1.165, 1.54) is 11.1 Å². The zero-order valence-corrected chi connectivity index (χ0v) is 12.7. The first kappa shape index (κ1) is 15.2. The highest BCUT2D eigenvalue weighted by molar-refractivity contribution is 9.10. The van der Waals surface area contributed by atoms with Crippen molar-refractivity contribution in [2.24, 2.45) is 0 Å². The number of carbonyl (C=O) groups is 1. The van der Waals surface area contributed by atoms with Crippen LogP contribution in [0.1, 0.15) is 56.6 Å². The molecule has 0 bridgehead atoms. The van der Waals surface area contributed by atoms with Crippen molar-refractivity contribution in [3.63, 3.8) is 0 Å². The molecule has 0 radical (unpaired) electrons. The standard InChI is InChI=1S/C15H21BrO2/c1-3-12(4-2)13-9-8-11(10-14(13)16)6-5-7-15(17)18/h8-10,12H,3-7H2,1-2H3,(H,17,18). The summed E-state index contributed by atoms with van der Waals surface area (Å²) in [5.41, 5.74) is 2.57. The van der Waals surface area contributed by atoms with Gasteiger partial charge in [-0.3, -0.25) is 4.79 Å². The molecule has 0 aliphatic heterocycles. The lowest BCUT2D eigenvalue weighted by Crippen LogP contribution is -1.99. The lowest BCUT2D eigenvalue weighted by Gasteiger charge is -2.15. The minimum Gasteiger partial charge on any atom is -0.481 e. The Hall–Kier alpha value is -0.830. The largest absolute Gasteiger partial charge is 0.481 e. The van der Waals surface area contributed by atoms with E-state index in [-0.39, 0.29) is 6.42 Å². The second-order valence-electron chi connectivity index (χ2n) is 4.62. The summed E-state index contributed by atoms with van der Waals surface area (Å²) in [6.07, 6.45) is 4.06. The number of carboxylic acids is 1. The molecule has 0 fully saturated rings. The maximum Gasteiger partial charge on any atom is 0.303 e. The Morgan fingerprint density at radius 3 is 2.50 bits per heavy atom. The molecule has 0 spiro atoms. The maximum absolute atomic E-state index is 10.5. The second kappa shape index (κ2) is 7.57. The molecule has 1 aromatic rings. The number of aryl methyl sites for hydroxylation is 1. The summed E-state index contributed by atoms with van der Waals surface area (Å²) in [6, 6.07) is 6.44. The van der Waals surface area contributed by atoms with Gasteiger partial charge < -0.3 is 5.11 Å². The van der Waals surface area contributed by atoms with Crippen LogP contribution in [0.3, 0.4) is 0 Å². The maximum atomic E-state index is 10.5. The van der Waals surface area contributed by atoms with Gasteiger partial charge >= 0.3 is 5.97 Å². The van der Waals surface area contributed by atoms with Crippen molar-refractivity contribution in [2.75, 3.05) is 0 Å². The van der Waals surface area contributed by atoms with Gasteiger partial charge in [0, 0.05) is 10.9 Å². The lowest BCUT2D eigenvalue weighted by atomic mass is 9.93. The van der Waals surface area contributed by atoms with E-state index in [1.54, 1.807) is 0 Å². The zero-order chi connectivity index (χ0) is 13.5. The van der Waals surface area contributed by atoms with Crippen molar-refractivity contribution in [3.8, 4) is 0 Å². The first-order valence-corrected chi connectivity index (χ1v) is 7.37. The summed E-state index contributed by atoms with van der Waals surface area (Å²) in [5.74, 6) is -0.116. The molecule has 0 atom stereocenters. The number of rotatable bonds is 7. The van der Waals surface area contributed by atoms with Crippen molar-refractivity contribution < 1.29 is 9.90 Å². The van der Waals surface area contributed by atoms with E-state index in [2.05, 4.69) is 48.0 Å². The quantitative estimate of drug-likeness (QED) is 0.788. The van der Waals surface area contributed by atoms with E-state index in [9.17, 15) is 4.79 Å². The first-order chi connectivity index (χ1) is 8.58. The average molecular weight is 313 g/mol. The normalized spacial score (nSPS) is 10.9. The number of hydrogen-bond donors (Lipinski definition) is 1. The van der Waals surface area contributed by atoms with E-state index in [1.807, 2.05) is 0 Å². The summed E-state index contributed by atoms with van der Waals surface area (Å²) >= 11 is 3.63. The monoisotopic (exact) mass is 312 g/mol. The highest BCUT2D eigenvalue weighted by Crippen LogP contribution is 2.30. The molecule has 0 saturated heterocycles. The number of carboxylic acid groups (broad SMARTS) is 1. The van der Waals surface area contributed by atoms with E-state index in [0.29, 0.717) is 12.3 Å². The van der Waals surface area contributed by atoms with E-state index >= 15 is 0 Å². The SMILES string of the molecule is CCC(CC)c1ccc(CCCC(=O)O)cc1Br. The Morgan fingerprint density at radius 1 is 1.33 bits per heavy atom. The molecule has 0 saturated carbocycles. The van der Waals surface area contributed by atoms with Crippen molar-refractivity contribution in [1.29, 1.82) is 0 Å². The Morgan fingerprint density at radius 2 is 2.00 bits per heavy atom. The highest BCUT2D eigenvalue weighted by Gasteiger charge is 2.11. The Bertz CT molecular complexity index is 397. The minimum atomic E-state index is -0.720. The number of benzene rings is 1. The van der Waals surface area contributed by atoms with E-state index in [0.717, 1.165) is 23.7 Å². The molecule has 3 heteroatoms. The fourth-order valence-corrected chi connectivity index (χ4v) is 2.98. The first-order valence-electron chi connectivity index (χ1n) is 6.58. The van der Waals surface area contributed by atoms with Gasteiger partial charge in [-0.15, -0.1) is 0 Å².